The second kappa shape index (κ2) is 6.26. The highest BCUT2D eigenvalue weighted by atomic mass is 35.5. The average Bonchev–Trinajstić information content (AvgIpc) is 2.86. The maximum atomic E-state index is 7.72. The van der Waals surface area contributed by atoms with Gasteiger partial charge in [0.1, 0.15) is 0 Å². The van der Waals surface area contributed by atoms with Crippen molar-refractivity contribution in [2.75, 3.05) is 0 Å². The van der Waals surface area contributed by atoms with Gasteiger partial charge in [0, 0.05) is 28.3 Å². The van der Waals surface area contributed by atoms with Gasteiger partial charge in [-0.2, -0.15) is 5.10 Å². The van der Waals surface area contributed by atoms with Crippen LogP contribution < -0.4 is 5.73 Å². The third-order valence-corrected chi connectivity index (χ3v) is 4.02. The zero-order valence-corrected chi connectivity index (χ0v) is 13.5. The van der Waals surface area contributed by atoms with Crippen molar-refractivity contribution >= 4 is 17.6 Å². The fraction of sp³-hybridized carbons (Fsp3) is 0.111. The van der Waals surface area contributed by atoms with Gasteiger partial charge in [0.25, 0.3) is 0 Å². The molecule has 0 aliphatic carbocycles. The highest BCUT2D eigenvalue weighted by Gasteiger charge is 2.17. The molecule has 1 aromatic heterocycles. The second-order valence-corrected chi connectivity index (χ2v) is 5.82. The quantitative estimate of drug-likeness (QED) is 0.567. The van der Waals surface area contributed by atoms with Crippen LogP contribution in [0.4, 0.5) is 0 Å². The van der Waals surface area contributed by atoms with Crippen LogP contribution in [0.3, 0.4) is 0 Å². The van der Waals surface area contributed by atoms with Gasteiger partial charge in [-0.25, -0.2) is 4.68 Å². The summed E-state index contributed by atoms with van der Waals surface area (Å²) in [4.78, 5) is 0. The summed E-state index contributed by atoms with van der Waals surface area (Å²) in [5, 5.41) is 13.0. The molecule has 3 rings (SSSR count). The zero-order chi connectivity index (χ0) is 16.4. The van der Waals surface area contributed by atoms with Crippen molar-refractivity contribution in [2.24, 2.45) is 5.73 Å². The molecule has 0 aliphatic heterocycles. The lowest BCUT2D eigenvalue weighted by Gasteiger charge is -2.05. The molecular weight excluding hydrogens is 308 g/mol. The monoisotopic (exact) mass is 324 g/mol. The summed E-state index contributed by atoms with van der Waals surface area (Å²) in [6.07, 6.45) is 0.684. The molecule has 0 amide bonds. The minimum absolute atomic E-state index is 0.0861. The number of nitrogen functional groups attached to an aromatic ring is 1. The number of rotatable bonds is 3. The Morgan fingerprint density at radius 1 is 1.17 bits per heavy atom. The lowest BCUT2D eigenvalue weighted by Crippen LogP contribution is -2.23. The zero-order valence-electron chi connectivity index (χ0n) is 12.8. The van der Waals surface area contributed by atoms with Crippen molar-refractivity contribution in [3.05, 3.63) is 76.4 Å². The largest absolute Gasteiger partial charge is 0.368 e. The summed E-state index contributed by atoms with van der Waals surface area (Å²) < 4.78 is 1.47. The van der Waals surface area contributed by atoms with E-state index in [1.165, 1.54) is 4.68 Å². The van der Waals surface area contributed by atoms with Gasteiger partial charge in [0.05, 0.1) is 5.69 Å². The van der Waals surface area contributed by atoms with Crippen LogP contribution in [0.2, 0.25) is 5.02 Å². The summed E-state index contributed by atoms with van der Waals surface area (Å²) >= 11 is 6.09. The number of hydrogen-bond donors (Lipinski definition) is 2. The Labute approximate surface area is 140 Å². The number of nitrogens with two attached hydrogens (primary N) is 1. The summed E-state index contributed by atoms with van der Waals surface area (Å²) in [6.45, 7) is 1.93. The predicted octanol–water partition coefficient (Wildman–Crippen LogP) is 3.84. The van der Waals surface area contributed by atoms with Crippen molar-refractivity contribution < 1.29 is 0 Å². The van der Waals surface area contributed by atoms with Crippen LogP contribution in [0.15, 0.2) is 54.6 Å². The number of aromatic nitrogens is 2. The van der Waals surface area contributed by atoms with E-state index in [2.05, 4.69) is 5.10 Å². The van der Waals surface area contributed by atoms with Gasteiger partial charge >= 0.3 is 0 Å². The number of nitrogens with zero attached hydrogens (tertiary/aromatic N) is 2. The van der Waals surface area contributed by atoms with Gasteiger partial charge in [-0.05, 0) is 24.6 Å². The molecule has 1 heterocycles. The predicted molar refractivity (Wildman–Crippen MR) is 94.0 cm³/mol. The summed E-state index contributed by atoms with van der Waals surface area (Å²) in [6, 6.07) is 17.7. The van der Waals surface area contributed by atoms with E-state index < -0.39 is 0 Å². The van der Waals surface area contributed by atoms with E-state index in [1.807, 2.05) is 61.5 Å². The summed E-state index contributed by atoms with van der Waals surface area (Å²) in [7, 11) is 0. The van der Waals surface area contributed by atoms with Crippen LogP contribution in [0.1, 0.15) is 16.8 Å². The van der Waals surface area contributed by atoms with E-state index in [1.54, 1.807) is 0 Å². The van der Waals surface area contributed by atoms with Crippen LogP contribution in [0, 0.1) is 12.3 Å². The van der Waals surface area contributed by atoms with Crippen LogP contribution in [0.25, 0.3) is 11.3 Å². The first-order valence-corrected chi connectivity index (χ1v) is 7.67. The Bertz CT molecular complexity index is 853. The summed E-state index contributed by atoms with van der Waals surface area (Å²) in [5.74, 6) is -0.0861. The molecule has 0 radical (unpaired) electrons. The standard InChI is InChI=1S/C18H17ClN4/c1-12-16(11-13-6-5-9-15(19)10-13)17(22-23(12)18(20)21)14-7-3-2-4-8-14/h2-10H,11H2,1H3,(H3,20,21). The number of benzene rings is 2. The molecule has 0 aliphatic rings. The summed E-state index contributed by atoms with van der Waals surface area (Å²) in [5.41, 5.74) is 10.5. The molecule has 5 heteroatoms. The normalized spacial score (nSPS) is 10.7. The van der Waals surface area contributed by atoms with Crippen molar-refractivity contribution in [3.8, 4) is 11.3 Å². The third-order valence-electron chi connectivity index (χ3n) is 3.79. The van der Waals surface area contributed by atoms with Crippen molar-refractivity contribution in [2.45, 2.75) is 13.3 Å². The molecule has 116 valence electrons. The third kappa shape index (κ3) is 3.12. The van der Waals surface area contributed by atoms with Gasteiger partial charge in [0.2, 0.25) is 5.96 Å². The molecular formula is C18H17ClN4. The molecule has 3 N–H and O–H groups in total. The van der Waals surface area contributed by atoms with E-state index >= 15 is 0 Å². The van der Waals surface area contributed by atoms with Crippen LogP contribution in [0.5, 0.6) is 0 Å². The molecule has 0 saturated heterocycles. The van der Waals surface area contributed by atoms with E-state index in [0.29, 0.717) is 11.4 Å². The highest BCUT2D eigenvalue weighted by Crippen LogP contribution is 2.27. The Hall–Kier alpha value is -2.59. The first-order chi connectivity index (χ1) is 11.1. The smallest absolute Gasteiger partial charge is 0.213 e. The van der Waals surface area contributed by atoms with Crippen molar-refractivity contribution in [1.82, 2.24) is 9.78 Å². The lowest BCUT2D eigenvalue weighted by molar-refractivity contribution is 0.878. The van der Waals surface area contributed by atoms with E-state index in [4.69, 9.17) is 22.7 Å². The Morgan fingerprint density at radius 3 is 2.57 bits per heavy atom. The Balaban J connectivity index is 2.12. The molecule has 4 nitrogen and oxygen atoms in total. The lowest BCUT2D eigenvalue weighted by atomic mass is 9.99. The molecule has 0 atom stereocenters. The first-order valence-electron chi connectivity index (χ1n) is 7.29. The molecule has 3 aromatic rings. The SMILES string of the molecule is Cc1c(Cc2cccc(Cl)c2)c(-c2ccccc2)nn1C(=N)N. The van der Waals surface area contributed by atoms with E-state index in [9.17, 15) is 0 Å². The molecule has 2 aromatic carbocycles. The molecule has 23 heavy (non-hydrogen) atoms. The van der Waals surface area contributed by atoms with Gasteiger partial charge < -0.3 is 5.73 Å². The number of nitrogens with one attached hydrogen (secondary N) is 1. The van der Waals surface area contributed by atoms with Crippen molar-refractivity contribution in [3.63, 3.8) is 0 Å². The van der Waals surface area contributed by atoms with E-state index in [-0.39, 0.29) is 5.96 Å². The van der Waals surface area contributed by atoms with E-state index in [0.717, 1.165) is 28.1 Å². The molecule has 0 spiro atoms. The average molecular weight is 325 g/mol. The molecule has 0 fully saturated rings. The second-order valence-electron chi connectivity index (χ2n) is 5.38. The van der Waals surface area contributed by atoms with Crippen molar-refractivity contribution in [1.29, 1.82) is 5.41 Å². The van der Waals surface area contributed by atoms with Gasteiger partial charge in [-0.1, -0.05) is 54.1 Å². The number of halogens is 1. The fourth-order valence-corrected chi connectivity index (χ4v) is 2.87. The Morgan fingerprint density at radius 2 is 1.91 bits per heavy atom. The van der Waals surface area contributed by atoms with Gasteiger partial charge in [-0.3, -0.25) is 5.41 Å². The highest BCUT2D eigenvalue weighted by molar-refractivity contribution is 6.30. The molecule has 0 bridgehead atoms. The van der Waals surface area contributed by atoms with Gasteiger partial charge in [0.15, 0.2) is 0 Å². The van der Waals surface area contributed by atoms with Gasteiger partial charge in [-0.15, -0.1) is 0 Å². The molecule has 0 unspecified atom stereocenters. The minimum atomic E-state index is -0.0861. The maximum Gasteiger partial charge on any atom is 0.213 e. The van der Waals surface area contributed by atoms with Crippen LogP contribution in [-0.2, 0) is 6.42 Å². The van der Waals surface area contributed by atoms with Crippen LogP contribution in [-0.4, -0.2) is 15.7 Å². The fourth-order valence-electron chi connectivity index (χ4n) is 2.66. The Kier molecular flexibility index (Phi) is 4.17. The minimum Gasteiger partial charge on any atom is -0.368 e. The maximum absolute atomic E-state index is 7.72. The number of hydrogen-bond acceptors (Lipinski definition) is 2. The van der Waals surface area contributed by atoms with Crippen LogP contribution >= 0.6 is 11.6 Å². The molecule has 0 saturated carbocycles. The topological polar surface area (TPSA) is 67.7 Å². The first kappa shape index (κ1) is 15.3.